The van der Waals surface area contributed by atoms with Crippen molar-refractivity contribution in [3.63, 3.8) is 0 Å². The fourth-order valence-electron chi connectivity index (χ4n) is 2.91. The lowest BCUT2D eigenvalue weighted by molar-refractivity contribution is 0.171. The molecule has 3 rings (SSSR count). The Kier molecular flexibility index (Phi) is 5.17. The number of nitrogens with zero attached hydrogens (tertiary/aromatic N) is 3. The van der Waals surface area contributed by atoms with Crippen LogP contribution in [-0.4, -0.2) is 29.1 Å². The lowest BCUT2D eigenvalue weighted by Crippen LogP contribution is -2.27. The van der Waals surface area contributed by atoms with E-state index in [1.54, 1.807) is 25.1 Å². The molecule has 1 aromatic carbocycles. The van der Waals surface area contributed by atoms with Gasteiger partial charge < -0.3 is 14.6 Å². The van der Waals surface area contributed by atoms with Crippen molar-refractivity contribution in [1.29, 1.82) is 5.26 Å². The van der Waals surface area contributed by atoms with Crippen molar-refractivity contribution < 1.29 is 14.6 Å². The molecule has 1 aliphatic rings. The molecule has 0 fully saturated rings. The average molecular weight is 367 g/mol. The largest absolute Gasteiger partial charge is 0.494 e. The number of pyridine rings is 1. The van der Waals surface area contributed by atoms with Crippen LogP contribution in [0.1, 0.15) is 30.5 Å². The summed E-state index contributed by atoms with van der Waals surface area (Å²) in [5.41, 5.74) is 0.885. The van der Waals surface area contributed by atoms with Gasteiger partial charge in [0, 0.05) is 18.8 Å². The summed E-state index contributed by atoms with van der Waals surface area (Å²) in [5.74, 6) is 1.22. The number of rotatable bonds is 4. The quantitative estimate of drug-likeness (QED) is 0.838. The number of hydrogen-bond acceptors (Lipinski definition) is 6. The van der Waals surface area contributed by atoms with Crippen LogP contribution in [0.15, 0.2) is 28.0 Å². The number of aromatic nitrogens is 1. The van der Waals surface area contributed by atoms with E-state index in [9.17, 15) is 15.2 Å². The van der Waals surface area contributed by atoms with Crippen molar-refractivity contribution in [2.24, 2.45) is 10.9 Å². The minimum absolute atomic E-state index is 0.0112. The van der Waals surface area contributed by atoms with Crippen molar-refractivity contribution in [2.45, 2.75) is 27.3 Å². The highest BCUT2D eigenvalue weighted by Gasteiger charge is 2.18. The van der Waals surface area contributed by atoms with Crippen LogP contribution < -0.4 is 15.0 Å². The Hall–Kier alpha value is -3.27. The third-order valence-electron chi connectivity index (χ3n) is 4.26. The minimum atomic E-state index is -0.488. The summed E-state index contributed by atoms with van der Waals surface area (Å²) in [4.78, 5) is 16.9. The van der Waals surface area contributed by atoms with Crippen LogP contribution in [0.5, 0.6) is 17.4 Å². The second-order valence-corrected chi connectivity index (χ2v) is 6.74. The van der Waals surface area contributed by atoms with E-state index in [1.807, 2.05) is 19.9 Å². The molecule has 1 aromatic heterocycles. The second kappa shape index (κ2) is 7.54. The zero-order chi connectivity index (χ0) is 19.6. The van der Waals surface area contributed by atoms with Gasteiger partial charge in [-0.05, 0) is 30.5 Å². The third kappa shape index (κ3) is 3.65. The number of nitriles is 1. The number of ether oxygens (including phenoxy) is 2. The Morgan fingerprint density at radius 3 is 2.70 bits per heavy atom. The SMILES string of the molecule is Cc1c(C=Nc2ccc3c(c2)OCCO3)c(O)n(CC(C)C)c(=O)c1C#N. The van der Waals surface area contributed by atoms with Crippen molar-refractivity contribution in [3.05, 3.63) is 45.2 Å². The number of aliphatic imine (C=N–C) groups is 1. The number of fused-ring (bicyclic) bond motifs is 1. The molecule has 0 amide bonds. The minimum Gasteiger partial charge on any atom is -0.494 e. The first-order chi connectivity index (χ1) is 12.9. The predicted octanol–water partition coefficient (Wildman–Crippen LogP) is 2.91. The van der Waals surface area contributed by atoms with Crippen molar-refractivity contribution in [3.8, 4) is 23.4 Å². The van der Waals surface area contributed by atoms with Gasteiger partial charge in [-0.15, -0.1) is 0 Å². The highest BCUT2D eigenvalue weighted by molar-refractivity contribution is 5.87. The number of hydrogen-bond donors (Lipinski definition) is 1. The van der Waals surface area contributed by atoms with Crippen molar-refractivity contribution in [2.75, 3.05) is 13.2 Å². The lowest BCUT2D eigenvalue weighted by atomic mass is 10.1. The summed E-state index contributed by atoms with van der Waals surface area (Å²) < 4.78 is 12.3. The van der Waals surface area contributed by atoms with E-state index >= 15 is 0 Å². The van der Waals surface area contributed by atoms with E-state index in [1.165, 1.54) is 10.8 Å². The normalized spacial score (nSPS) is 13.1. The van der Waals surface area contributed by atoms with Crippen molar-refractivity contribution >= 4 is 11.9 Å². The van der Waals surface area contributed by atoms with Gasteiger partial charge in [0.1, 0.15) is 24.8 Å². The first-order valence-electron chi connectivity index (χ1n) is 8.72. The maximum atomic E-state index is 12.5. The Labute approximate surface area is 157 Å². The van der Waals surface area contributed by atoms with Crippen LogP contribution >= 0.6 is 0 Å². The molecule has 27 heavy (non-hydrogen) atoms. The molecule has 0 saturated heterocycles. The molecule has 0 unspecified atom stereocenters. The smallest absolute Gasteiger partial charge is 0.271 e. The fraction of sp³-hybridized carbons (Fsp3) is 0.350. The van der Waals surface area contributed by atoms with Crippen LogP contribution in [0.3, 0.4) is 0 Å². The summed E-state index contributed by atoms with van der Waals surface area (Å²) in [6.45, 7) is 6.79. The molecule has 1 N–H and O–H groups in total. The first kappa shape index (κ1) is 18.5. The van der Waals surface area contributed by atoms with Gasteiger partial charge in [0.25, 0.3) is 5.56 Å². The molecule has 7 heteroatoms. The summed E-state index contributed by atoms with van der Waals surface area (Å²) in [5, 5.41) is 20.0. The van der Waals surface area contributed by atoms with Crippen LogP contribution in [-0.2, 0) is 6.54 Å². The van der Waals surface area contributed by atoms with Crippen LogP contribution in [0, 0.1) is 24.2 Å². The highest BCUT2D eigenvalue weighted by Crippen LogP contribution is 2.33. The molecule has 2 heterocycles. The summed E-state index contributed by atoms with van der Waals surface area (Å²) in [6.07, 6.45) is 1.47. The highest BCUT2D eigenvalue weighted by atomic mass is 16.6. The Morgan fingerprint density at radius 2 is 2.04 bits per heavy atom. The van der Waals surface area contributed by atoms with E-state index in [0.29, 0.717) is 48.1 Å². The molecular formula is C20H21N3O4. The van der Waals surface area contributed by atoms with Gasteiger partial charge in [-0.1, -0.05) is 13.8 Å². The molecule has 1 aliphatic heterocycles. The Morgan fingerprint density at radius 1 is 1.33 bits per heavy atom. The van der Waals surface area contributed by atoms with E-state index in [4.69, 9.17) is 9.47 Å². The zero-order valence-corrected chi connectivity index (χ0v) is 15.5. The Bertz CT molecular complexity index is 1000. The molecule has 0 bridgehead atoms. The topological polar surface area (TPSA) is 96.8 Å². The van der Waals surface area contributed by atoms with Crippen LogP contribution in [0.2, 0.25) is 0 Å². The molecule has 0 radical (unpaired) electrons. The number of aromatic hydroxyl groups is 1. The van der Waals surface area contributed by atoms with Gasteiger partial charge in [0.05, 0.1) is 11.3 Å². The monoisotopic (exact) mass is 367 g/mol. The summed E-state index contributed by atoms with van der Waals surface area (Å²) in [6, 6.07) is 7.23. The third-order valence-corrected chi connectivity index (χ3v) is 4.26. The zero-order valence-electron chi connectivity index (χ0n) is 15.5. The number of benzene rings is 1. The molecule has 0 saturated carbocycles. The van der Waals surface area contributed by atoms with E-state index in [2.05, 4.69) is 4.99 Å². The lowest BCUT2D eigenvalue weighted by Gasteiger charge is -2.18. The molecule has 0 atom stereocenters. The molecular weight excluding hydrogens is 346 g/mol. The van der Waals surface area contributed by atoms with E-state index in [0.717, 1.165) is 0 Å². The molecule has 0 spiro atoms. The molecule has 7 nitrogen and oxygen atoms in total. The van der Waals surface area contributed by atoms with Crippen molar-refractivity contribution in [1.82, 2.24) is 4.57 Å². The van der Waals surface area contributed by atoms with E-state index in [-0.39, 0.29) is 17.4 Å². The van der Waals surface area contributed by atoms with Gasteiger partial charge in [0.15, 0.2) is 11.5 Å². The standard InChI is InChI=1S/C20H21N3O4/c1-12(2)11-23-19(24)15(9-21)13(3)16(20(23)25)10-22-14-4-5-17-18(8-14)27-7-6-26-17/h4-5,8,10,12,25H,6-7,11H2,1-3H3. The second-order valence-electron chi connectivity index (χ2n) is 6.74. The van der Waals surface area contributed by atoms with Gasteiger partial charge in [-0.25, -0.2) is 0 Å². The van der Waals surface area contributed by atoms with Gasteiger partial charge in [0.2, 0.25) is 5.88 Å². The summed E-state index contributed by atoms with van der Waals surface area (Å²) in [7, 11) is 0. The summed E-state index contributed by atoms with van der Waals surface area (Å²) >= 11 is 0. The fourth-order valence-corrected chi connectivity index (χ4v) is 2.91. The average Bonchev–Trinajstić information content (AvgIpc) is 2.65. The molecule has 0 aliphatic carbocycles. The predicted molar refractivity (Wildman–Crippen MR) is 101 cm³/mol. The Balaban J connectivity index is 2.05. The van der Waals surface area contributed by atoms with Gasteiger partial charge >= 0.3 is 0 Å². The van der Waals surface area contributed by atoms with E-state index < -0.39 is 5.56 Å². The van der Waals surface area contributed by atoms with Gasteiger partial charge in [-0.3, -0.25) is 14.4 Å². The van der Waals surface area contributed by atoms with Crippen LogP contribution in [0.25, 0.3) is 0 Å². The van der Waals surface area contributed by atoms with Gasteiger partial charge in [-0.2, -0.15) is 5.26 Å². The maximum Gasteiger partial charge on any atom is 0.271 e. The molecule has 2 aromatic rings. The molecule has 140 valence electrons. The first-order valence-corrected chi connectivity index (χ1v) is 8.72. The van der Waals surface area contributed by atoms with Crippen LogP contribution in [0.4, 0.5) is 5.69 Å². The maximum absolute atomic E-state index is 12.5.